The predicted octanol–water partition coefficient (Wildman–Crippen LogP) is 1.44. The fourth-order valence-corrected chi connectivity index (χ4v) is 0.984. The van der Waals surface area contributed by atoms with Gasteiger partial charge in [0.05, 0.1) is 13.3 Å². The van der Waals surface area contributed by atoms with E-state index in [1.165, 1.54) is 7.11 Å². The number of aromatic nitrogens is 1. The smallest absolute Gasteiger partial charge is 0.493 e. The van der Waals surface area contributed by atoms with Crippen LogP contribution in [0.1, 0.15) is 5.56 Å². The van der Waals surface area contributed by atoms with Gasteiger partial charge in [0.2, 0.25) is 5.88 Å². The highest BCUT2D eigenvalue weighted by Crippen LogP contribution is 2.34. The number of nitrogens with two attached hydrogens (primary N) is 1. The van der Waals surface area contributed by atoms with Crippen molar-refractivity contribution in [1.29, 1.82) is 5.26 Å². The molecule has 0 saturated heterocycles. The van der Waals surface area contributed by atoms with Crippen LogP contribution in [0.3, 0.4) is 0 Å². The van der Waals surface area contributed by atoms with E-state index in [0.717, 1.165) is 6.20 Å². The molecule has 0 radical (unpaired) electrons. The number of hydrogen-bond acceptors (Lipinski definition) is 5. The second-order valence-electron chi connectivity index (χ2n) is 2.58. The lowest BCUT2D eigenvalue weighted by atomic mass is 10.2. The van der Waals surface area contributed by atoms with Crippen LogP contribution in [0.5, 0.6) is 11.6 Å². The fourth-order valence-electron chi connectivity index (χ4n) is 0.984. The van der Waals surface area contributed by atoms with Gasteiger partial charge in [0, 0.05) is 0 Å². The third-order valence-corrected chi connectivity index (χ3v) is 1.57. The third kappa shape index (κ3) is 2.44. The van der Waals surface area contributed by atoms with Crippen molar-refractivity contribution in [1.82, 2.24) is 4.98 Å². The van der Waals surface area contributed by atoms with E-state index in [9.17, 15) is 13.2 Å². The maximum Gasteiger partial charge on any atom is 0.574 e. The summed E-state index contributed by atoms with van der Waals surface area (Å²) in [5, 5.41) is 8.61. The number of nitrogen functional groups attached to an aromatic ring is 1. The van der Waals surface area contributed by atoms with Gasteiger partial charge < -0.3 is 15.2 Å². The van der Waals surface area contributed by atoms with Gasteiger partial charge in [-0.1, -0.05) is 0 Å². The summed E-state index contributed by atoms with van der Waals surface area (Å²) < 4.78 is 44.0. The summed E-state index contributed by atoms with van der Waals surface area (Å²) >= 11 is 0. The number of hydrogen-bond donors (Lipinski definition) is 1. The van der Waals surface area contributed by atoms with Crippen molar-refractivity contribution >= 4 is 5.69 Å². The second kappa shape index (κ2) is 4.14. The number of rotatable bonds is 2. The van der Waals surface area contributed by atoms with Crippen molar-refractivity contribution in [2.45, 2.75) is 6.36 Å². The van der Waals surface area contributed by atoms with E-state index in [2.05, 4.69) is 14.5 Å². The summed E-state index contributed by atoms with van der Waals surface area (Å²) in [6.45, 7) is 0. The van der Waals surface area contributed by atoms with Crippen LogP contribution in [0.25, 0.3) is 0 Å². The molecule has 16 heavy (non-hydrogen) atoms. The van der Waals surface area contributed by atoms with Gasteiger partial charge >= 0.3 is 6.36 Å². The fraction of sp³-hybridized carbons (Fsp3) is 0.250. The van der Waals surface area contributed by atoms with Crippen LogP contribution in [0, 0.1) is 11.3 Å². The minimum absolute atomic E-state index is 0.0745. The molecule has 1 aromatic heterocycles. The molecule has 0 unspecified atom stereocenters. The van der Waals surface area contributed by atoms with Crippen molar-refractivity contribution in [2.75, 3.05) is 12.8 Å². The zero-order valence-corrected chi connectivity index (χ0v) is 8.00. The third-order valence-electron chi connectivity index (χ3n) is 1.57. The van der Waals surface area contributed by atoms with Crippen LogP contribution >= 0.6 is 0 Å². The number of anilines is 1. The number of ether oxygens (including phenoxy) is 2. The molecule has 0 aromatic carbocycles. The van der Waals surface area contributed by atoms with Crippen molar-refractivity contribution in [3.63, 3.8) is 0 Å². The zero-order valence-electron chi connectivity index (χ0n) is 8.00. The standard InChI is InChI=1S/C8H6F3N3O2/c1-15-6-4(2-12)3-14-7(5(6)13)16-8(9,10)11/h3H,13H2,1H3. The molecule has 0 aliphatic heterocycles. The van der Waals surface area contributed by atoms with Gasteiger partial charge in [0.15, 0.2) is 5.75 Å². The Morgan fingerprint density at radius 3 is 2.56 bits per heavy atom. The quantitative estimate of drug-likeness (QED) is 0.835. The lowest BCUT2D eigenvalue weighted by Crippen LogP contribution is -2.19. The average molecular weight is 233 g/mol. The number of alkyl halides is 3. The van der Waals surface area contributed by atoms with Crippen LogP contribution in [-0.4, -0.2) is 18.5 Å². The van der Waals surface area contributed by atoms with Crippen LogP contribution in [0.2, 0.25) is 0 Å². The van der Waals surface area contributed by atoms with Crippen molar-refractivity contribution in [3.8, 4) is 17.7 Å². The van der Waals surface area contributed by atoms with Gasteiger partial charge in [0.1, 0.15) is 17.3 Å². The Morgan fingerprint density at radius 2 is 2.12 bits per heavy atom. The number of pyridine rings is 1. The number of methoxy groups -OCH3 is 1. The van der Waals surface area contributed by atoms with Crippen LogP contribution < -0.4 is 15.2 Å². The first-order valence-electron chi connectivity index (χ1n) is 3.87. The maximum atomic E-state index is 11.9. The Hall–Kier alpha value is -2.17. The largest absolute Gasteiger partial charge is 0.574 e. The van der Waals surface area contributed by atoms with Gasteiger partial charge in [-0.05, 0) is 0 Å². The number of nitrogens with zero attached hydrogens (tertiary/aromatic N) is 2. The van der Waals surface area contributed by atoms with E-state index in [4.69, 9.17) is 11.0 Å². The molecule has 2 N–H and O–H groups in total. The molecule has 1 rings (SSSR count). The monoisotopic (exact) mass is 233 g/mol. The second-order valence-corrected chi connectivity index (χ2v) is 2.58. The number of nitriles is 1. The lowest BCUT2D eigenvalue weighted by Gasteiger charge is -2.12. The average Bonchev–Trinajstić information content (AvgIpc) is 2.19. The van der Waals surface area contributed by atoms with E-state index in [1.807, 2.05) is 0 Å². The molecule has 0 aliphatic rings. The van der Waals surface area contributed by atoms with Gasteiger partial charge in [-0.15, -0.1) is 13.2 Å². The summed E-state index contributed by atoms with van der Waals surface area (Å²) in [6.07, 6.45) is -4.02. The first-order chi connectivity index (χ1) is 7.39. The molecule has 0 saturated carbocycles. The van der Waals surface area contributed by atoms with Crippen molar-refractivity contribution in [3.05, 3.63) is 11.8 Å². The molecule has 1 aromatic rings. The van der Waals surface area contributed by atoms with Crippen molar-refractivity contribution in [2.24, 2.45) is 0 Å². The predicted molar refractivity (Wildman–Crippen MR) is 46.6 cm³/mol. The zero-order chi connectivity index (χ0) is 12.3. The Balaban J connectivity index is 3.20. The van der Waals surface area contributed by atoms with Gasteiger partial charge in [-0.25, -0.2) is 4.98 Å². The molecule has 1 heterocycles. The van der Waals surface area contributed by atoms with E-state index >= 15 is 0 Å². The Morgan fingerprint density at radius 1 is 1.50 bits per heavy atom. The Kier molecular flexibility index (Phi) is 3.08. The first kappa shape index (κ1) is 11.9. The highest BCUT2D eigenvalue weighted by Gasteiger charge is 2.33. The highest BCUT2D eigenvalue weighted by atomic mass is 19.4. The van der Waals surface area contributed by atoms with E-state index in [0.29, 0.717) is 0 Å². The minimum atomic E-state index is -4.90. The molecule has 0 bridgehead atoms. The van der Waals surface area contributed by atoms with E-state index < -0.39 is 17.9 Å². The SMILES string of the molecule is COc1c(C#N)cnc(OC(F)(F)F)c1N. The molecule has 0 aliphatic carbocycles. The first-order valence-corrected chi connectivity index (χ1v) is 3.87. The minimum Gasteiger partial charge on any atom is -0.493 e. The molecular weight excluding hydrogens is 227 g/mol. The Labute approximate surface area is 88.2 Å². The van der Waals surface area contributed by atoms with Crippen LogP contribution in [-0.2, 0) is 0 Å². The Bertz CT molecular complexity index is 439. The molecule has 8 heteroatoms. The van der Waals surface area contributed by atoms with E-state index in [-0.39, 0.29) is 11.3 Å². The molecular formula is C8H6F3N3O2. The van der Waals surface area contributed by atoms with Gasteiger partial charge in [-0.2, -0.15) is 5.26 Å². The van der Waals surface area contributed by atoms with Gasteiger partial charge in [0.25, 0.3) is 0 Å². The summed E-state index contributed by atoms with van der Waals surface area (Å²) in [4.78, 5) is 3.27. The topological polar surface area (TPSA) is 81.2 Å². The molecule has 0 atom stereocenters. The summed E-state index contributed by atoms with van der Waals surface area (Å²) in [6, 6.07) is 1.67. The summed E-state index contributed by atoms with van der Waals surface area (Å²) in [5.41, 5.74) is 4.77. The lowest BCUT2D eigenvalue weighted by molar-refractivity contribution is -0.275. The summed E-state index contributed by atoms with van der Waals surface area (Å²) in [5.74, 6) is -1.04. The van der Waals surface area contributed by atoms with Crippen LogP contribution in [0.4, 0.5) is 18.9 Å². The van der Waals surface area contributed by atoms with Crippen LogP contribution in [0.15, 0.2) is 6.20 Å². The molecule has 0 spiro atoms. The highest BCUT2D eigenvalue weighted by molar-refractivity contribution is 5.65. The normalized spacial score (nSPS) is 10.7. The molecule has 86 valence electrons. The van der Waals surface area contributed by atoms with Gasteiger partial charge in [-0.3, -0.25) is 0 Å². The number of halogens is 3. The van der Waals surface area contributed by atoms with E-state index in [1.54, 1.807) is 6.07 Å². The molecule has 5 nitrogen and oxygen atoms in total. The maximum absolute atomic E-state index is 11.9. The van der Waals surface area contributed by atoms with Crippen molar-refractivity contribution < 1.29 is 22.6 Å². The summed E-state index contributed by atoms with van der Waals surface area (Å²) in [7, 11) is 1.17. The molecule has 0 fully saturated rings. The molecule has 0 amide bonds.